The maximum atomic E-state index is 12.1. The van der Waals surface area contributed by atoms with Crippen LogP contribution in [0.4, 0.5) is 0 Å². The van der Waals surface area contributed by atoms with Gasteiger partial charge in [-0.25, -0.2) is 13.1 Å². The molecule has 2 aromatic rings. The fourth-order valence-corrected chi connectivity index (χ4v) is 4.88. The third-order valence-corrected chi connectivity index (χ3v) is 6.81. The van der Waals surface area contributed by atoms with E-state index in [1.54, 1.807) is 20.2 Å². The molecule has 0 saturated heterocycles. The molecule has 3 N–H and O–H groups in total. The van der Waals surface area contributed by atoms with E-state index in [1.165, 1.54) is 6.07 Å². The Bertz CT molecular complexity index is 869. The lowest BCUT2D eigenvalue weighted by Gasteiger charge is -2.13. The molecular formula is C17H23ClN4O3S2. The molecule has 0 amide bonds. The summed E-state index contributed by atoms with van der Waals surface area (Å²) in [5.74, 6) is 1.45. The fourth-order valence-electron chi connectivity index (χ4n) is 2.33. The minimum absolute atomic E-state index is 0.201. The molecule has 148 valence electrons. The number of rotatable bonds is 9. The molecule has 1 aromatic heterocycles. The second kappa shape index (κ2) is 10.5. The highest BCUT2D eigenvalue weighted by atomic mass is 35.5. The van der Waals surface area contributed by atoms with E-state index in [0.29, 0.717) is 23.4 Å². The van der Waals surface area contributed by atoms with Crippen LogP contribution in [0.3, 0.4) is 0 Å². The van der Waals surface area contributed by atoms with Gasteiger partial charge in [-0.3, -0.25) is 4.99 Å². The highest BCUT2D eigenvalue weighted by Gasteiger charge is 2.15. The minimum Gasteiger partial charge on any atom is -0.496 e. The first-order valence-corrected chi connectivity index (χ1v) is 11.0. The van der Waals surface area contributed by atoms with E-state index >= 15 is 0 Å². The van der Waals surface area contributed by atoms with Crippen molar-refractivity contribution < 1.29 is 13.2 Å². The van der Waals surface area contributed by atoms with Crippen LogP contribution in [-0.2, 0) is 16.4 Å². The van der Waals surface area contributed by atoms with Gasteiger partial charge in [0, 0.05) is 26.7 Å². The van der Waals surface area contributed by atoms with Gasteiger partial charge in [0.2, 0.25) is 10.0 Å². The third kappa shape index (κ3) is 6.69. The van der Waals surface area contributed by atoms with Gasteiger partial charge in [0.15, 0.2) is 5.96 Å². The Morgan fingerprint density at radius 3 is 2.56 bits per heavy atom. The summed E-state index contributed by atoms with van der Waals surface area (Å²) >= 11 is 6.81. The summed E-state index contributed by atoms with van der Waals surface area (Å²) in [4.78, 5) is 4.13. The monoisotopic (exact) mass is 430 g/mol. The second-order valence-electron chi connectivity index (χ2n) is 5.44. The zero-order valence-corrected chi connectivity index (χ0v) is 17.5. The standard InChI is InChI=1S/C17H23ClN4O3S2/c1-19-17(20-10-9-13-5-3-4-6-14(13)25-2)21-11-12-22-27(23,24)16-8-7-15(18)26-16/h3-8,22H,9-12H2,1-2H3,(H2,19,20,21). The van der Waals surface area contributed by atoms with Crippen molar-refractivity contribution in [2.45, 2.75) is 10.6 Å². The zero-order chi connectivity index (χ0) is 19.7. The second-order valence-corrected chi connectivity index (χ2v) is 9.15. The van der Waals surface area contributed by atoms with Crippen molar-refractivity contribution in [2.24, 2.45) is 4.99 Å². The van der Waals surface area contributed by atoms with Crippen LogP contribution in [0.2, 0.25) is 4.34 Å². The number of guanidine groups is 1. The van der Waals surface area contributed by atoms with Gasteiger partial charge in [-0.2, -0.15) is 0 Å². The summed E-state index contributed by atoms with van der Waals surface area (Å²) in [6, 6.07) is 10.9. The van der Waals surface area contributed by atoms with Crippen LogP contribution in [0.15, 0.2) is 45.6 Å². The SMILES string of the molecule is CN=C(NCCNS(=O)(=O)c1ccc(Cl)s1)NCCc1ccccc1OC. The molecule has 10 heteroatoms. The van der Waals surface area contributed by atoms with Crippen molar-refractivity contribution in [3.63, 3.8) is 0 Å². The van der Waals surface area contributed by atoms with Gasteiger partial charge < -0.3 is 15.4 Å². The molecule has 0 aliphatic rings. The van der Waals surface area contributed by atoms with Crippen molar-refractivity contribution in [2.75, 3.05) is 33.8 Å². The molecule has 0 unspecified atom stereocenters. The van der Waals surface area contributed by atoms with E-state index in [4.69, 9.17) is 16.3 Å². The summed E-state index contributed by atoms with van der Waals surface area (Å²) in [5, 5.41) is 6.26. The predicted molar refractivity (Wildman–Crippen MR) is 111 cm³/mol. The van der Waals surface area contributed by atoms with Crippen molar-refractivity contribution in [3.8, 4) is 5.75 Å². The molecular weight excluding hydrogens is 408 g/mol. The van der Waals surface area contributed by atoms with Crippen molar-refractivity contribution >= 4 is 38.9 Å². The Morgan fingerprint density at radius 2 is 1.89 bits per heavy atom. The molecule has 7 nitrogen and oxygen atoms in total. The summed E-state index contributed by atoms with van der Waals surface area (Å²) < 4.78 is 32.7. The number of aliphatic imine (C=N–C) groups is 1. The van der Waals surface area contributed by atoms with Crippen molar-refractivity contribution in [3.05, 3.63) is 46.3 Å². The van der Waals surface area contributed by atoms with Crippen LogP contribution >= 0.6 is 22.9 Å². The number of hydrogen-bond donors (Lipinski definition) is 3. The topological polar surface area (TPSA) is 91.8 Å². The van der Waals surface area contributed by atoms with Gasteiger partial charge in [0.1, 0.15) is 9.96 Å². The molecule has 0 aliphatic carbocycles. The summed E-state index contributed by atoms with van der Waals surface area (Å²) in [6.45, 7) is 1.29. The maximum absolute atomic E-state index is 12.1. The molecule has 0 saturated carbocycles. The van der Waals surface area contributed by atoms with Crippen LogP contribution in [0.5, 0.6) is 5.75 Å². The number of thiophene rings is 1. The summed E-state index contributed by atoms with van der Waals surface area (Å²) in [6.07, 6.45) is 0.774. The number of hydrogen-bond acceptors (Lipinski definition) is 5. The number of ether oxygens (including phenoxy) is 1. The molecule has 1 aromatic carbocycles. The Balaban J connectivity index is 1.73. The van der Waals surface area contributed by atoms with Gasteiger partial charge in [0.05, 0.1) is 11.4 Å². The van der Waals surface area contributed by atoms with Gasteiger partial charge in [-0.15, -0.1) is 11.3 Å². The molecule has 27 heavy (non-hydrogen) atoms. The summed E-state index contributed by atoms with van der Waals surface area (Å²) in [7, 11) is -0.221. The first-order valence-electron chi connectivity index (χ1n) is 8.27. The van der Waals surface area contributed by atoms with Crippen LogP contribution in [0, 0.1) is 0 Å². The molecule has 0 spiro atoms. The first kappa shape index (κ1) is 21.5. The Labute approximate surface area is 168 Å². The number of methoxy groups -OCH3 is 1. The molecule has 0 atom stereocenters. The minimum atomic E-state index is -3.53. The molecule has 0 fully saturated rings. The number of benzene rings is 1. The Morgan fingerprint density at radius 1 is 1.15 bits per heavy atom. The van der Waals surface area contributed by atoms with Crippen LogP contribution < -0.4 is 20.1 Å². The largest absolute Gasteiger partial charge is 0.496 e. The average molecular weight is 431 g/mol. The van der Waals surface area contributed by atoms with Crippen LogP contribution in [0.1, 0.15) is 5.56 Å². The van der Waals surface area contributed by atoms with Crippen molar-refractivity contribution in [1.29, 1.82) is 0 Å². The number of para-hydroxylation sites is 1. The highest BCUT2D eigenvalue weighted by molar-refractivity contribution is 7.91. The lowest BCUT2D eigenvalue weighted by molar-refractivity contribution is 0.409. The van der Waals surface area contributed by atoms with Gasteiger partial charge >= 0.3 is 0 Å². The fraction of sp³-hybridized carbons (Fsp3) is 0.353. The van der Waals surface area contributed by atoms with Gasteiger partial charge in [-0.05, 0) is 30.2 Å². The Hall–Kier alpha value is -1.81. The average Bonchev–Trinajstić information content (AvgIpc) is 3.11. The number of nitrogens with one attached hydrogen (secondary N) is 3. The van der Waals surface area contributed by atoms with Gasteiger partial charge in [-0.1, -0.05) is 29.8 Å². The number of nitrogens with zero attached hydrogens (tertiary/aromatic N) is 1. The molecule has 2 rings (SSSR count). The van der Waals surface area contributed by atoms with E-state index in [-0.39, 0.29) is 10.8 Å². The normalized spacial score (nSPS) is 12.0. The van der Waals surface area contributed by atoms with E-state index < -0.39 is 10.0 Å². The molecule has 0 radical (unpaired) electrons. The molecule has 0 aliphatic heterocycles. The third-order valence-electron chi connectivity index (χ3n) is 3.63. The smallest absolute Gasteiger partial charge is 0.250 e. The lowest BCUT2D eigenvalue weighted by Crippen LogP contribution is -2.42. The first-order chi connectivity index (χ1) is 13.0. The molecule has 0 bridgehead atoms. The summed E-state index contributed by atoms with van der Waals surface area (Å²) in [5.41, 5.74) is 1.10. The quantitative estimate of drug-likeness (QED) is 0.322. The van der Waals surface area contributed by atoms with Gasteiger partial charge in [0.25, 0.3) is 0 Å². The highest BCUT2D eigenvalue weighted by Crippen LogP contribution is 2.25. The van der Waals surface area contributed by atoms with Crippen LogP contribution in [0.25, 0.3) is 0 Å². The number of sulfonamides is 1. The number of halogens is 1. The van der Waals surface area contributed by atoms with E-state index in [0.717, 1.165) is 29.1 Å². The predicted octanol–water partition coefficient (Wildman–Crippen LogP) is 2.10. The lowest BCUT2D eigenvalue weighted by atomic mass is 10.1. The maximum Gasteiger partial charge on any atom is 0.250 e. The molecule has 1 heterocycles. The zero-order valence-electron chi connectivity index (χ0n) is 15.2. The van der Waals surface area contributed by atoms with Crippen LogP contribution in [-0.4, -0.2) is 48.2 Å². The van der Waals surface area contributed by atoms with E-state index in [1.807, 2.05) is 24.3 Å². The Kier molecular flexibility index (Phi) is 8.36. The van der Waals surface area contributed by atoms with Crippen molar-refractivity contribution in [1.82, 2.24) is 15.4 Å². The van der Waals surface area contributed by atoms with E-state index in [9.17, 15) is 8.42 Å². The van der Waals surface area contributed by atoms with E-state index in [2.05, 4.69) is 20.3 Å².